The molecule has 8 heteroatoms. The van der Waals surface area contributed by atoms with Crippen LogP contribution in [0.25, 0.3) is 11.1 Å². The summed E-state index contributed by atoms with van der Waals surface area (Å²) in [6, 6.07) is 23.0. The van der Waals surface area contributed by atoms with Crippen LogP contribution in [0.2, 0.25) is 0 Å². The van der Waals surface area contributed by atoms with E-state index in [0.717, 1.165) is 23.6 Å². The third-order valence-corrected chi connectivity index (χ3v) is 6.20. The molecule has 2 amide bonds. The van der Waals surface area contributed by atoms with Gasteiger partial charge in [-0.25, -0.2) is 9.18 Å². The number of ether oxygens (including phenoxy) is 2. The second-order valence-corrected chi connectivity index (χ2v) is 8.76. The molecule has 0 fully saturated rings. The van der Waals surface area contributed by atoms with Crippen LogP contribution < -0.4 is 10.2 Å². The summed E-state index contributed by atoms with van der Waals surface area (Å²) in [4.78, 5) is 40.5. The number of amides is 2. The summed E-state index contributed by atoms with van der Waals surface area (Å²) in [6.45, 7) is 3.08. The smallest absolute Gasteiger partial charge is 0.353 e. The molecular weight excluding hydrogens is 475 g/mol. The van der Waals surface area contributed by atoms with E-state index in [1.165, 1.54) is 11.8 Å². The van der Waals surface area contributed by atoms with Crippen molar-refractivity contribution in [3.05, 3.63) is 90.0 Å². The van der Waals surface area contributed by atoms with Gasteiger partial charge in [-0.05, 0) is 36.6 Å². The quantitative estimate of drug-likeness (QED) is 0.266. The van der Waals surface area contributed by atoms with Crippen molar-refractivity contribution in [2.75, 3.05) is 24.7 Å². The Labute approximate surface area is 215 Å². The van der Waals surface area contributed by atoms with Crippen LogP contribution in [0, 0.1) is 0 Å². The number of carbonyl (C=O) groups is 3. The van der Waals surface area contributed by atoms with E-state index in [9.17, 15) is 14.4 Å². The van der Waals surface area contributed by atoms with Crippen molar-refractivity contribution >= 4 is 23.5 Å². The van der Waals surface area contributed by atoms with Gasteiger partial charge in [-0.1, -0.05) is 72.8 Å². The Bertz CT molecular complexity index is 1280. The third-order valence-electron chi connectivity index (χ3n) is 6.20. The first-order valence-corrected chi connectivity index (χ1v) is 12.1. The number of halogens is 1. The van der Waals surface area contributed by atoms with Gasteiger partial charge >= 0.3 is 5.97 Å². The number of rotatable bonds is 9. The zero-order valence-electron chi connectivity index (χ0n) is 20.8. The number of hydrogen-bond acceptors (Lipinski definition) is 5. The minimum Gasteiger partial charge on any atom is -0.463 e. The number of para-hydroxylation sites is 1. The van der Waals surface area contributed by atoms with E-state index in [1.807, 2.05) is 66.7 Å². The lowest BCUT2D eigenvalue weighted by molar-refractivity contribution is -0.162. The minimum absolute atomic E-state index is 0.0805. The number of carbonyl (C=O) groups excluding carboxylic acids is 3. The van der Waals surface area contributed by atoms with Crippen molar-refractivity contribution < 1.29 is 28.2 Å². The average molecular weight is 505 g/mol. The van der Waals surface area contributed by atoms with E-state index in [1.54, 1.807) is 12.1 Å². The zero-order chi connectivity index (χ0) is 26.4. The van der Waals surface area contributed by atoms with E-state index in [0.29, 0.717) is 17.9 Å². The number of benzene rings is 3. The van der Waals surface area contributed by atoms with Gasteiger partial charge in [-0.3, -0.25) is 9.59 Å². The Morgan fingerprint density at radius 1 is 0.973 bits per heavy atom. The molecule has 0 spiro atoms. The zero-order valence-corrected chi connectivity index (χ0v) is 20.8. The Morgan fingerprint density at radius 2 is 1.62 bits per heavy atom. The predicted molar refractivity (Wildman–Crippen MR) is 137 cm³/mol. The number of nitrogens with one attached hydrogen (secondary N) is 1. The number of alkyl halides is 1. The molecule has 1 aliphatic rings. The van der Waals surface area contributed by atoms with Crippen LogP contribution in [-0.2, 0) is 30.5 Å². The first-order valence-electron chi connectivity index (χ1n) is 12.1. The molecule has 1 unspecified atom stereocenters. The summed E-state index contributed by atoms with van der Waals surface area (Å²) in [7, 11) is 0. The molecular formula is C29H29FN2O5. The van der Waals surface area contributed by atoms with Crippen molar-refractivity contribution in [1.29, 1.82) is 0 Å². The van der Waals surface area contributed by atoms with E-state index in [4.69, 9.17) is 9.47 Å². The molecule has 0 saturated heterocycles. The van der Waals surface area contributed by atoms with Crippen molar-refractivity contribution in [2.24, 2.45) is 0 Å². The van der Waals surface area contributed by atoms with Crippen LogP contribution in [0.15, 0.2) is 78.9 Å². The van der Waals surface area contributed by atoms with E-state index in [2.05, 4.69) is 5.32 Å². The highest BCUT2D eigenvalue weighted by Gasteiger charge is 2.46. The Kier molecular flexibility index (Phi) is 7.98. The summed E-state index contributed by atoms with van der Waals surface area (Å²) in [6.07, 6.45) is 0. The summed E-state index contributed by atoms with van der Waals surface area (Å²) < 4.78 is 25.7. The van der Waals surface area contributed by atoms with Crippen LogP contribution in [-0.4, -0.2) is 43.2 Å². The SMILES string of the molecule is CCOC(=O)[C@@](C)(F)C(=O)NC1C(=O)N(CCOCc2ccccc2)c2ccccc2-c2ccccc21. The van der Waals surface area contributed by atoms with Crippen LogP contribution in [0.4, 0.5) is 10.1 Å². The molecule has 1 aliphatic heterocycles. The van der Waals surface area contributed by atoms with Crippen LogP contribution >= 0.6 is 0 Å². The molecule has 4 rings (SSSR count). The number of fused-ring (bicyclic) bond motifs is 3. The summed E-state index contributed by atoms with van der Waals surface area (Å²) in [5.74, 6) is -3.02. The highest BCUT2D eigenvalue weighted by Crippen LogP contribution is 2.40. The van der Waals surface area contributed by atoms with E-state index >= 15 is 4.39 Å². The normalized spacial score (nSPS) is 16.1. The lowest BCUT2D eigenvalue weighted by Gasteiger charge is -2.28. The summed E-state index contributed by atoms with van der Waals surface area (Å²) in [5, 5.41) is 2.48. The maximum atomic E-state index is 15.2. The lowest BCUT2D eigenvalue weighted by Crippen LogP contribution is -2.52. The van der Waals surface area contributed by atoms with Crippen LogP contribution in [0.5, 0.6) is 0 Å². The van der Waals surface area contributed by atoms with Gasteiger partial charge in [0.05, 0.1) is 25.5 Å². The monoisotopic (exact) mass is 504 g/mol. The maximum absolute atomic E-state index is 15.2. The Balaban J connectivity index is 1.64. The maximum Gasteiger partial charge on any atom is 0.353 e. The summed E-state index contributed by atoms with van der Waals surface area (Å²) in [5.41, 5.74) is 0.701. The van der Waals surface area contributed by atoms with Gasteiger partial charge in [0.15, 0.2) is 0 Å². The van der Waals surface area contributed by atoms with Crippen molar-refractivity contribution in [2.45, 2.75) is 32.2 Å². The van der Waals surface area contributed by atoms with Gasteiger partial charge < -0.3 is 19.7 Å². The van der Waals surface area contributed by atoms with Gasteiger partial charge in [-0.2, -0.15) is 0 Å². The van der Waals surface area contributed by atoms with Crippen molar-refractivity contribution in [3.8, 4) is 11.1 Å². The molecule has 2 atom stereocenters. The molecule has 3 aromatic rings. The van der Waals surface area contributed by atoms with Gasteiger partial charge in [-0.15, -0.1) is 0 Å². The average Bonchev–Trinajstić information content (AvgIpc) is 3.01. The molecule has 3 aromatic carbocycles. The number of anilines is 1. The van der Waals surface area contributed by atoms with Crippen LogP contribution in [0.1, 0.15) is 31.0 Å². The molecule has 37 heavy (non-hydrogen) atoms. The highest BCUT2D eigenvalue weighted by atomic mass is 19.1. The topological polar surface area (TPSA) is 84.9 Å². The third kappa shape index (κ3) is 5.54. The molecule has 0 aromatic heterocycles. The molecule has 0 bridgehead atoms. The fraction of sp³-hybridized carbons (Fsp3) is 0.276. The Morgan fingerprint density at radius 3 is 2.35 bits per heavy atom. The van der Waals surface area contributed by atoms with E-state index in [-0.39, 0.29) is 19.8 Å². The first kappa shape index (κ1) is 26.0. The highest BCUT2D eigenvalue weighted by molar-refractivity contribution is 6.10. The Hall–Kier alpha value is -4.04. The minimum atomic E-state index is -2.96. The second-order valence-electron chi connectivity index (χ2n) is 8.76. The van der Waals surface area contributed by atoms with Crippen molar-refractivity contribution in [3.63, 3.8) is 0 Å². The molecule has 7 nitrogen and oxygen atoms in total. The van der Waals surface area contributed by atoms with Crippen molar-refractivity contribution in [1.82, 2.24) is 5.32 Å². The van der Waals surface area contributed by atoms with Gasteiger partial charge in [0, 0.05) is 12.1 Å². The van der Waals surface area contributed by atoms with Gasteiger partial charge in [0.1, 0.15) is 6.04 Å². The fourth-order valence-corrected chi connectivity index (χ4v) is 4.25. The lowest BCUT2D eigenvalue weighted by atomic mass is 9.95. The number of esters is 1. The molecule has 1 heterocycles. The first-order chi connectivity index (χ1) is 17.8. The molecule has 0 saturated carbocycles. The molecule has 0 radical (unpaired) electrons. The number of nitrogens with zero attached hydrogens (tertiary/aromatic N) is 1. The second kappa shape index (κ2) is 11.3. The largest absolute Gasteiger partial charge is 0.463 e. The standard InChI is InChI=1S/C29H29FN2O5/c1-3-37-28(35)29(2,30)27(34)31-25-23-15-8-7-13-21(23)22-14-9-10-16-24(22)32(26(25)33)17-18-36-19-20-11-5-4-6-12-20/h4-16,25H,3,17-19H2,1-2H3,(H,31,34)/t25?,29-/m0/s1. The number of hydrogen-bond donors (Lipinski definition) is 1. The van der Waals surface area contributed by atoms with Gasteiger partial charge in [0.2, 0.25) is 0 Å². The van der Waals surface area contributed by atoms with Crippen LogP contribution in [0.3, 0.4) is 0 Å². The van der Waals surface area contributed by atoms with E-state index < -0.39 is 29.5 Å². The predicted octanol–water partition coefficient (Wildman–Crippen LogP) is 4.37. The van der Waals surface area contributed by atoms with Gasteiger partial charge in [0.25, 0.3) is 17.5 Å². The fourth-order valence-electron chi connectivity index (χ4n) is 4.25. The summed E-state index contributed by atoms with van der Waals surface area (Å²) >= 11 is 0. The molecule has 0 aliphatic carbocycles. The molecule has 192 valence electrons. The molecule has 1 N–H and O–H groups in total.